The van der Waals surface area contributed by atoms with Gasteiger partial charge in [0.05, 0.1) is 23.5 Å². The Hall–Kier alpha value is -3.20. The smallest absolute Gasteiger partial charge is 0.338 e. The highest BCUT2D eigenvalue weighted by atomic mass is 32.2. The van der Waals surface area contributed by atoms with Crippen LogP contribution in [-0.2, 0) is 14.8 Å². The van der Waals surface area contributed by atoms with E-state index in [0.717, 1.165) is 11.6 Å². The van der Waals surface area contributed by atoms with Gasteiger partial charge in [0.2, 0.25) is 15.8 Å². The highest BCUT2D eigenvalue weighted by molar-refractivity contribution is 7.92. The van der Waals surface area contributed by atoms with E-state index in [1.54, 1.807) is 24.4 Å². The van der Waals surface area contributed by atoms with Crippen LogP contribution in [0, 0.1) is 0 Å². The Bertz CT molecular complexity index is 1100. The first kappa shape index (κ1) is 18.6. The standard InChI is InChI=1S/C18H17N3O5S/c1-11(17(22)12-5-7-15(8-6-12)21-27(2,24)25)26-18(23)13-3-4-14-10-19-20-16(14)9-13/h3-11,21H,1-2H3,(H,19,20). The second kappa shape index (κ2) is 7.20. The molecule has 8 nitrogen and oxygen atoms in total. The molecule has 1 unspecified atom stereocenters. The van der Waals surface area contributed by atoms with Gasteiger partial charge in [-0.15, -0.1) is 0 Å². The molecule has 140 valence electrons. The van der Waals surface area contributed by atoms with Crippen LogP contribution in [0.25, 0.3) is 10.9 Å². The molecule has 3 aromatic rings. The molecular formula is C18H17N3O5S. The van der Waals surface area contributed by atoms with Crippen molar-refractivity contribution < 1.29 is 22.7 Å². The lowest BCUT2D eigenvalue weighted by Crippen LogP contribution is -2.24. The van der Waals surface area contributed by atoms with E-state index >= 15 is 0 Å². The summed E-state index contributed by atoms with van der Waals surface area (Å²) in [5.41, 5.74) is 1.64. The number of nitrogens with zero attached hydrogens (tertiary/aromatic N) is 1. The van der Waals surface area contributed by atoms with E-state index in [-0.39, 0.29) is 0 Å². The number of carbonyl (C=O) groups is 2. The summed E-state index contributed by atoms with van der Waals surface area (Å²) in [7, 11) is -3.40. The molecule has 1 atom stereocenters. The number of ether oxygens (including phenoxy) is 1. The van der Waals surface area contributed by atoms with Crippen LogP contribution in [0.4, 0.5) is 5.69 Å². The SMILES string of the molecule is CC(OC(=O)c1ccc2cn[nH]c2c1)C(=O)c1ccc(NS(C)(=O)=O)cc1. The number of aromatic nitrogens is 2. The minimum absolute atomic E-state index is 0.304. The molecule has 0 fully saturated rings. The fourth-order valence-electron chi connectivity index (χ4n) is 2.50. The van der Waals surface area contributed by atoms with Crippen molar-refractivity contribution in [2.24, 2.45) is 0 Å². The Kier molecular flexibility index (Phi) is 4.95. The topological polar surface area (TPSA) is 118 Å². The van der Waals surface area contributed by atoms with Gasteiger partial charge in [-0.1, -0.05) is 6.07 Å². The third kappa shape index (κ3) is 4.50. The molecule has 0 saturated heterocycles. The van der Waals surface area contributed by atoms with E-state index in [9.17, 15) is 18.0 Å². The monoisotopic (exact) mass is 387 g/mol. The molecule has 3 rings (SSSR count). The van der Waals surface area contributed by atoms with Gasteiger partial charge in [-0.25, -0.2) is 13.2 Å². The van der Waals surface area contributed by atoms with Crippen molar-refractivity contribution in [1.82, 2.24) is 10.2 Å². The van der Waals surface area contributed by atoms with Gasteiger partial charge in [-0.3, -0.25) is 14.6 Å². The van der Waals surface area contributed by atoms with Crippen molar-refractivity contribution in [3.05, 3.63) is 59.8 Å². The van der Waals surface area contributed by atoms with Crippen molar-refractivity contribution in [3.8, 4) is 0 Å². The molecule has 2 aromatic carbocycles. The quantitative estimate of drug-likeness (QED) is 0.495. The molecule has 0 aliphatic heterocycles. The number of ketones is 1. The molecule has 0 radical (unpaired) electrons. The van der Waals surface area contributed by atoms with E-state index in [4.69, 9.17) is 4.74 Å². The minimum atomic E-state index is -3.40. The van der Waals surface area contributed by atoms with Gasteiger partial charge in [0.15, 0.2) is 6.10 Å². The normalized spacial score (nSPS) is 12.5. The van der Waals surface area contributed by atoms with Gasteiger partial charge in [0.25, 0.3) is 0 Å². The summed E-state index contributed by atoms with van der Waals surface area (Å²) in [4.78, 5) is 24.7. The molecule has 27 heavy (non-hydrogen) atoms. The number of aromatic amines is 1. The molecule has 2 N–H and O–H groups in total. The lowest BCUT2D eigenvalue weighted by Gasteiger charge is -2.13. The molecule has 0 aliphatic rings. The Balaban J connectivity index is 1.68. The number of esters is 1. The molecule has 0 bridgehead atoms. The largest absolute Gasteiger partial charge is 0.451 e. The van der Waals surface area contributed by atoms with Crippen molar-refractivity contribution >= 4 is 38.4 Å². The first-order valence-electron chi connectivity index (χ1n) is 7.99. The summed E-state index contributed by atoms with van der Waals surface area (Å²) in [6, 6.07) is 10.8. The van der Waals surface area contributed by atoms with Crippen LogP contribution in [0.15, 0.2) is 48.7 Å². The van der Waals surface area contributed by atoms with Crippen LogP contribution in [-0.4, -0.2) is 42.7 Å². The summed E-state index contributed by atoms with van der Waals surface area (Å²) in [5.74, 6) is -1.01. The second-order valence-corrected chi connectivity index (χ2v) is 7.78. The number of carbonyl (C=O) groups excluding carboxylic acids is 2. The van der Waals surface area contributed by atoms with Gasteiger partial charge >= 0.3 is 5.97 Å². The molecule has 0 aliphatic carbocycles. The number of nitrogens with one attached hydrogen (secondary N) is 2. The molecule has 0 amide bonds. The summed E-state index contributed by atoms with van der Waals surface area (Å²) in [6.45, 7) is 1.48. The third-order valence-corrected chi connectivity index (χ3v) is 4.41. The maximum absolute atomic E-state index is 12.4. The average Bonchev–Trinajstić information content (AvgIpc) is 3.08. The molecule has 0 spiro atoms. The van der Waals surface area contributed by atoms with Crippen LogP contribution >= 0.6 is 0 Å². The second-order valence-electron chi connectivity index (χ2n) is 6.04. The lowest BCUT2D eigenvalue weighted by molar-refractivity contribution is 0.0319. The maximum Gasteiger partial charge on any atom is 0.338 e. The van der Waals surface area contributed by atoms with Gasteiger partial charge in [0, 0.05) is 16.6 Å². The molecule has 0 saturated carbocycles. The van der Waals surface area contributed by atoms with Crippen LogP contribution in [0.1, 0.15) is 27.6 Å². The average molecular weight is 387 g/mol. The minimum Gasteiger partial charge on any atom is -0.451 e. The van der Waals surface area contributed by atoms with Gasteiger partial charge in [0.1, 0.15) is 0 Å². The predicted octanol–water partition coefficient (Wildman–Crippen LogP) is 2.36. The van der Waals surface area contributed by atoms with Crippen LogP contribution in [0.5, 0.6) is 0 Å². The van der Waals surface area contributed by atoms with Crippen LogP contribution in [0.3, 0.4) is 0 Å². The Morgan fingerprint density at radius 2 is 1.78 bits per heavy atom. The number of H-pyrrole nitrogens is 1. The van der Waals surface area contributed by atoms with Crippen molar-refractivity contribution in [1.29, 1.82) is 0 Å². The number of hydrogen-bond acceptors (Lipinski definition) is 6. The zero-order chi connectivity index (χ0) is 19.6. The highest BCUT2D eigenvalue weighted by Crippen LogP contribution is 2.16. The number of sulfonamides is 1. The fourth-order valence-corrected chi connectivity index (χ4v) is 3.06. The number of rotatable bonds is 6. The number of anilines is 1. The van der Waals surface area contributed by atoms with Crippen molar-refractivity contribution in [2.75, 3.05) is 11.0 Å². The van der Waals surface area contributed by atoms with Crippen LogP contribution < -0.4 is 4.72 Å². The number of Topliss-reactive ketones (excluding diaryl/α,β-unsaturated/α-hetero) is 1. The van der Waals surface area contributed by atoms with Crippen molar-refractivity contribution in [3.63, 3.8) is 0 Å². The Labute approximate surface area is 155 Å². The van der Waals surface area contributed by atoms with Gasteiger partial charge in [-0.05, 0) is 43.3 Å². The molecule has 9 heteroatoms. The first-order chi connectivity index (χ1) is 12.7. The van der Waals surface area contributed by atoms with Gasteiger partial charge < -0.3 is 4.74 Å². The zero-order valence-corrected chi connectivity index (χ0v) is 15.4. The highest BCUT2D eigenvalue weighted by Gasteiger charge is 2.21. The van der Waals surface area contributed by atoms with E-state index in [2.05, 4.69) is 14.9 Å². The van der Waals surface area contributed by atoms with E-state index < -0.39 is 27.9 Å². The summed E-state index contributed by atoms with van der Waals surface area (Å²) in [6.07, 6.45) is 1.68. The van der Waals surface area contributed by atoms with Crippen molar-refractivity contribution in [2.45, 2.75) is 13.0 Å². The summed E-state index contributed by atoms with van der Waals surface area (Å²) < 4.78 is 30.0. The maximum atomic E-state index is 12.4. The number of fused-ring (bicyclic) bond motifs is 1. The Morgan fingerprint density at radius 3 is 2.44 bits per heavy atom. The summed E-state index contributed by atoms with van der Waals surface area (Å²) >= 11 is 0. The number of benzene rings is 2. The van der Waals surface area contributed by atoms with Gasteiger partial charge in [-0.2, -0.15) is 5.10 Å². The third-order valence-electron chi connectivity index (χ3n) is 3.80. The summed E-state index contributed by atoms with van der Waals surface area (Å²) in [5, 5.41) is 7.51. The fraction of sp³-hybridized carbons (Fsp3) is 0.167. The predicted molar refractivity (Wildman–Crippen MR) is 100 cm³/mol. The van der Waals surface area contributed by atoms with E-state index in [1.807, 2.05) is 0 Å². The molecule has 1 heterocycles. The zero-order valence-electron chi connectivity index (χ0n) is 14.6. The first-order valence-corrected chi connectivity index (χ1v) is 9.88. The van der Waals surface area contributed by atoms with E-state index in [0.29, 0.717) is 22.3 Å². The van der Waals surface area contributed by atoms with Crippen LogP contribution in [0.2, 0.25) is 0 Å². The van der Waals surface area contributed by atoms with E-state index in [1.165, 1.54) is 31.2 Å². The number of hydrogen-bond donors (Lipinski definition) is 2. The molecular weight excluding hydrogens is 370 g/mol. The lowest BCUT2D eigenvalue weighted by atomic mass is 10.1. The molecule has 1 aromatic heterocycles. The Morgan fingerprint density at radius 1 is 1.11 bits per heavy atom.